The molecule has 0 atom stereocenters. The van der Waals surface area contributed by atoms with Gasteiger partial charge < -0.3 is 9.55 Å². The molecule has 5 heteroatoms. The van der Waals surface area contributed by atoms with Crippen LogP contribution in [0.4, 0.5) is 5.69 Å². The number of carbonyl (C=O) groups is 2. The summed E-state index contributed by atoms with van der Waals surface area (Å²) in [5.74, 6) is 0.324. The van der Waals surface area contributed by atoms with Crippen LogP contribution in [-0.4, -0.2) is 32.9 Å². The largest absolute Gasteiger partial charge is 0.374 e. The summed E-state index contributed by atoms with van der Waals surface area (Å²) < 4.78 is 5.27. The van der Waals surface area contributed by atoms with E-state index in [0.29, 0.717) is 24.6 Å². The zero-order valence-corrected chi connectivity index (χ0v) is 14.5. The molecule has 0 unspecified atom stereocenters. The molecule has 0 bridgehead atoms. The molecule has 2 radical (unpaired) electrons. The number of ether oxygens (including phenoxy) is 1. The third kappa shape index (κ3) is 6.57. The van der Waals surface area contributed by atoms with E-state index in [4.69, 9.17) is 12.7 Å². The van der Waals surface area contributed by atoms with Crippen LogP contribution in [0.5, 0.6) is 0 Å². The van der Waals surface area contributed by atoms with Crippen molar-refractivity contribution in [3.8, 4) is 0 Å². The van der Waals surface area contributed by atoms with Gasteiger partial charge in [-0.25, -0.2) is 0 Å². The number of hydrogen-bond donors (Lipinski definition) is 0. The fraction of sp³-hybridized carbons (Fsp3) is 0.556. The van der Waals surface area contributed by atoms with E-state index in [1.807, 2.05) is 38.1 Å². The van der Waals surface area contributed by atoms with Gasteiger partial charge in [-0.2, -0.15) is 0 Å². The lowest BCUT2D eigenvalue weighted by atomic mass is 10.0. The Kier molecular flexibility index (Phi) is 8.03. The highest BCUT2D eigenvalue weighted by molar-refractivity contribution is 6.30. The van der Waals surface area contributed by atoms with Crippen molar-refractivity contribution < 1.29 is 14.3 Å². The van der Waals surface area contributed by atoms with Crippen LogP contribution < -0.4 is 4.81 Å². The van der Waals surface area contributed by atoms with Gasteiger partial charge in [0.1, 0.15) is 6.61 Å². The number of Topliss-reactive ketones (excluding diaryl/α,β-unsaturated/α-hetero) is 1. The highest BCUT2D eigenvalue weighted by Gasteiger charge is 2.11. The number of carbonyl (C=O) groups excluding carboxylic acids is 2. The summed E-state index contributed by atoms with van der Waals surface area (Å²) in [6, 6.07) is 7.66. The smallest absolute Gasteiger partial charge is 0.238 e. The van der Waals surface area contributed by atoms with Gasteiger partial charge in [-0.05, 0) is 30.0 Å². The molecule has 1 amide bonds. The molecule has 0 aromatic heterocycles. The first-order valence-corrected chi connectivity index (χ1v) is 8.11. The lowest BCUT2D eigenvalue weighted by molar-refractivity contribution is -0.126. The van der Waals surface area contributed by atoms with Gasteiger partial charge in [-0.15, -0.1) is 0 Å². The second-order valence-corrected chi connectivity index (χ2v) is 6.29. The quantitative estimate of drug-likeness (QED) is 0.519. The third-order valence-corrected chi connectivity index (χ3v) is 3.67. The molecule has 0 saturated heterocycles. The van der Waals surface area contributed by atoms with E-state index >= 15 is 0 Å². The highest BCUT2D eigenvalue weighted by Crippen LogP contribution is 2.19. The number of hydrogen-bond acceptors (Lipinski definition) is 3. The fourth-order valence-corrected chi connectivity index (χ4v) is 1.95. The number of anilines is 1. The van der Waals surface area contributed by atoms with Crippen LogP contribution in [-0.2, 0) is 14.3 Å². The summed E-state index contributed by atoms with van der Waals surface area (Å²) in [6.45, 7) is 8.39. The fourth-order valence-electron chi connectivity index (χ4n) is 1.95. The maximum absolute atomic E-state index is 12.0. The summed E-state index contributed by atoms with van der Waals surface area (Å²) >= 11 is 0. The van der Waals surface area contributed by atoms with E-state index < -0.39 is 0 Å². The van der Waals surface area contributed by atoms with Crippen LogP contribution in [0.2, 0.25) is 0 Å². The molecule has 0 heterocycles. The van der Waals surface area contributed by atoms with E-state index in [9.17, 15) is 9.59 Å². The van der Waals surface area contributed by atoms with Crippen molar-refractivity contribution >= 4 is 25.4 Å². The van der Waals surface area contributed by atoms with Crippen molar-refractivity contribution in [3.63, 3.8) is 0 Å². The van der Waals surface area contributed by atoms with Crippen molar-refractivity contribution in [2.24, 2.45) is 5.92 Å². The minimum atomic E-state index is -0.166. The van der Waals surface area contributed by atoms with Crippen molar-refractivity contribution in [2.45, 2.75) is 46.5 Å². The van der Waals surface area contributed by atoms with Gasteiger partial charge in [0, 0.05) is 24.6 Å². The molecule has 0 aliphatic heterocycles. The summed E-state index contributed by atoms with van der Waals surface area (Å²) in [5, 5.41) is 0. The Hall–Kier alpha value is -1.62. The second kappa shape index (κ2) is 9.51. The van der Waals surface area contributed by atoms with Crippen LogP contribution in [0.25, 0.3) is 0 Å². The van der Waals surface area contributed by atoms with Gasteiger partial charge in [0.15, 0.2) is 5.78 Å². The minimum absolute atomic E-state index is 0.0232. The number of ketones is 1. The zero-order chi connectivity index (χ0) is 17.4. The molecule has 4 nitrogen and oxygen atoms in total. The Morgan fingerprint density at radius 1 is 1.13 bits per heavy atom. The average Bonchev–Trinajstić information content (AvgIpc) is 2.53. The van der Waals surface area contributed by atoms with Crippen LogP contribution in [0.15, 0.2) is 24.3 Å². The first-order valence-electron chi connectivity index (χ1n) is 8.11. The molecule has 124 valence electrons. The molecule has 0 spiro atoms. The molecule has 0 saturated carbocycles. The molecule has 0 N–H and O–H groups in total. The highest BCUT2D eigenvalue weighted by atomic mass is 16.5. The zero-order valence-electron chi connectivity index (χ0n) is 14.5. The van der Waals surface area contributed by atoms with Crippen molar-refractivity contribution in [1.82, 2.24) is 0 Å². The van der Waals surface area contributed by atoms with E-state index in [0.717, 1.165) is 0 Å². The molecule has 1 aromatic carbocycles. The molecule has 23 heavy (non-hydrogen) atoms. The number of benzene rings is 1. The van der Waals surface area contributed by atoms with Gasteiger partial charge in [-0.1, -0.05) is 39.8 Å². The van der Waals surface area contributed by atoms with E-state index in [1.54, 1.807) is 0 Å². The average molecular weight is 315 g/mol. The molecule has 0 fully saturated rings. The van der Waals surface area contributed by atoms with Crippen LogP contribution in [0.3, 0.4) is 0 Å². The van der Waals surface area contributed by atoms with E-state index in [1.165, 1.54) is 10.4 Å². The predicted octanol–water partition coefficient (Wildman–Crippen LogP) is 3.25. The first kappa shape index (κ1) is 19.4. The monoisotopic (exact) mass is 315 g/mol. The lowest BCUT2D eigenvalue weighted by Gasteiger charge is -2.19. The minimum Gasteiger partial charge on any atom is -0.374 e. The normalized spacial score (nSPS) is 11.0. The third-order valence-electron chi connectivity index (χ3n) is 3.67. The number of rotatable bonds is 9. The maximum Gasteiger partial charge on any atom is 0.238 e. The standard InChI is InChI=1S/C18H26BNO3/c1-13(2)15-7-9-16(10-8-15)20(19)18(22)6-5-11-23-12-17(21)14(3)4/h7-10,13-14H,5-6,11-12H2,1-4H3. The number of amides is 1. The van der Waals surface area contributed by atoms with Crippen LogP contribution in [0.1, 0.15) is 52.0 Å². The summed E-state index contributed by atoms with van der Waals surface area (Å²) in [4.78, 5) is 24.6. The van der Waals surface area contributed by atoms with Crippen molar-refractivity contribution in [3.05, 3.63) is 29.8 Å². The van der Waals surface area contributed by atoms with Gasteiger partial charge in [0.05, 0.1) is 0 Å². The van der Waals surface area contributed by atoms with E-state index in [2.05, 4.69) is 13.8 Å². The Labute approximate surface area is 140 Å². The van der Waals surface area contributed by atoms with Gasteiger partial charge in [0.2, 0.25) is 13.9 Å². The van der Waals surface area contributed by atoms with Crippen LogP contribution in [0, 0.1) is 5.92 Å². The summed E-state index contributed by atoms with van der Waals surface area (Å²) in [6.07, 6.45) is 0.834. The molecule has 0 aliphatic rings. The van der Waals surface area contributed by atoms with Crippen molar-refractivity contribution in [2.75, 3.05) is 18.0 Å². The Morgan fingerprint density at radius 2 is 1.74 bits per heavy atom. The molecular formula is C18H26BNO3. The maximum atomic E-state index is 12.0. The Morgan fingerprint density at radius 3 is 2.26 bits per heavy atom. The second-order valence-electron chi connectivity index (χ2n) is 6.29. The molecule has 0 aliphatic carbocycles. The predicted molar refractivity (Wildman–Crippen MR) is 93.7 cm³/mol. The number of nitrogens with zero attached hydrogens (tertiary/aromatic N) is 1. The lowest BCUT2D eigenvalue weighted by Crippen LogP contribution is -2.28. The van der Waals surface area contributed by atoms with Gasteiger partial charge >= 0.3 is 0 Å². The Balaban J connectivity index is 2.35. The van der Waals surface area contributed by atoms with Gasteiger partial charge in [-0.3, -0.25) is 9.59 Å². The summed E-state index contributed by atoms with van der Waals surface area (Å²) in [7, 11) is 5.86. The summed E-state index contributed by atoms with van der Waals surface area (Å²) in [5.41, 5.74) is 1.88. The van der Waals surface area contributed by atoms with Crippen molar-refractivity contribution in [1.29, 1.82) is 0 Å². The van der Waals surface area contributed by atoms with E-state index in [-0.39, 0.29) is 30.6 Å². The first-order chi connectivity index (χ1) is 10.8. The van der Waals surface area contributed by atoms with Gasteiger partial charge in [0.25, 0.3) is 0 Å². The van der Waals surface area contributed by atoms with Crippen LogP contribution >= 0.6 is 0 Å². The molecule has 1 aromatic rings. The molecular weight excluding hydrogens is 289 g/mol. The SMILES string of the molecule is [B]N(C(=O)CCCOCC(=O)C(C)C)c1ccc(C(C)C)cc1. The topological polar surface area (TPSA) is 46.6 Å². The Bertz CT molecular complexity index is 512. The molecule has 1 rings (SSSR count).